The van der Waals surface area contributed by atoms with Gasteiger partial charge in [0.05, 0.1) is 40.7 Å². The third kappa shape index (κ3) is 5.28. The minimum Gasteiger partial charge on any atom is -0.495 e. The molecule has 1 fully saturated rings. The van der Waals surface area contributed by atoms with Crippen molar-refractivity contribution in [2.45, 2.75) is 6.04 Å². The number of ether oxygens (including phenoxy) is 4. The summed E-state index contributed by atoms with van der Waals surface area (Å²) in [5, 5.41) is 12.5. The second kappa shape index (κ2) is 11.5. The Bertz CT molecular complexity index is 981. The van der Waals surface area contributed by atoms with Crippen LogP contribution in [0.2, 0.25) is 0 Å². The maximum atomic E-state index is 13.0. The van der Waals surface area contributed by atoms with E-state index in [1.807, 2.05) is 24.3 Å². The Labute approximate surface area is 199 Å². The summed E-state index contributed by atoms with van der Waals surface area (Å²) < 4.78 is 21.3. The molecular weight excluding hydrogens is 442 g/mol. The van der Waals surface area contributed by atoms with Crippen LogP contribution < -0.4 is 29.2 Å². The fraction of sp³-hybridized carbons (Fsp3) is 0.417. The van der Waals surface area contributed by atoms with E-state index in [1.165, 1.54) is 33.5 Å². The molecule has 3 rings (SSSR count). The first kappa shape index (κ1) is 25.0. The van der Waals surface area contributed by atoms with Gasteiger partial charge in [0.2, 0.25) is 11.7 Å². The number of carbonyl (C=O) groups is 2. The van der Waals surface area contributed by atoms with Gasteiger partial charge in [0.25, 0.3) is 5.91 Å². The summed E-state index contributed by atoms with van der Waals surface area (Å²) in [6, 6.07) is 9.62. The largest absolute Gasteiger partial charge is 0.495 e. The number of nitrogens with zero attached hydrogens (tertiary/aromatic N) is 2. The maximum absolute atomic E-state index is 13.0. The Hall–Kier alpha value is -3.66. The summed E-state index contributed by atoms with van der Waals surface area (Å²) in [5.41, 5.74) is 1.17. The summed E-state index contributed by atoms with van der Waals surface area (Å²) >= 11 is 0. The van der Waals surface area contributed by atoms with E-state index >= 15 is 0 Å². The zero-order valence-electron chi connectivity index (χ0n) is 19.9. The van der Waals surface area contributed by atoms with Crippen molar-refractivity contribution in [3.8, 4) is 23.0 Å². The number of amides is 2. The fourth-order valence-electron chi connectivity index (χ4n) is 3.92. The molecule has 1 saturated heterocycles. The van der Waals surface area contributed by atoms with E-state index in [-0.39, 0.29) is 11.5 Å². The molecule has 0 bridgehead atoms. The van der Waals surface area contributed by atoms with Crippen LogP contribution in [0.1, 0.15) is 10.4 Å². The lowest BCUT2D eigenvalue weighted by Crippen LogP contribution is -2.56. The number of nitrogens with one attached hydrogen (secondary N) is 1. The van der Waals surface area contributed by atoms with Crippen LogP contribution in [-0.2, 0) is 4.79 Å². The normalized spacial score (nSPS) is 14.3. The maximum Gasteiger partial charge on any atom is 0.252 e. The fourth-order valence-corrected chi connectivity index (χ4v) is 3.92. The highest BCUT2D eigenvalue weighted by Crippen LogP contribution is 2.38. The van der Waals surface area contributed by atoms with Gasteiger partial charge in [-0.25, -0.2) is 0 Å². The number of anilines is 1. The molecule has 1 heterocycles. The minimum atomic E-state index is -1.08. The van der Waals surface area contributed by atoms with Crippen LogP contribution in [0.15, 0.2) is 36.4 Å². The first-order valence-corrected chi connectivity index (χ1v) is 10.9. The Balaban J connectivity index is 1.67. The molecule has 0 saturated carbocycles. The lowest BCUT2D eigenvalue weighted by atomic mass is 10.1. The SMILES string of the molecule is COc1ccccc1N1CCN(C(=O)[C@H](CO)NC(=O)c2cc(OC)c(OC)c(OC)c2)CC1. The van der Waals surface area contributed by atoms with Crippen LogP contribution in [0.5, 0.6) is 23.0 Å². The van der Waals surface area contributed by atoms with E-state index in [9.17, 15) is 14.7 Å². The first-order valence-electron chi connectivity index (χ1n) is 10.9. The third-order valence-corrected chi connectivity index (χ3v) is 5.73. The van der Waals surface area contributed by atoms with Crippen molar-refractivity contribution in [2.24, 2.45) is 0 Å². The number of para-hydroxylation sites is 2. The number of aliphatic hydroxyl groups is 1. The van der Waals surface area contributed by atoms with Crippen LogP contribution in [0.4, 0.5) is 5.69 Å². The lowest BCUT2D eigenvalue weighted by Gasteiger charge is -2.37. The summed E-state index contributed by atoms with van der Waals surface area (Å²) in [6.07, 6.45) is 0. The average Bonchev–Trinajstić information content (AvgIpc) is 2.90. The van der Waals surface area contributed by atoms with E-state index in [4.69, 9.17) is 18.9 Å². The smallest absolute Gasteiger partial charge is 0.252 e. The molecule has 184 valence electrons. The Morgan fingerprint density at radius 1 is 0.912 bits per heavy atom. The molecule has 34 heavy (non-hydrogen) atoms. The molecule has 2 N–H and O–H groups in total. The molecule has 0 spiro atoms. The number of hydrogen-bond donors (Lipinski definition) is 2. The zero-order chi connectivity index (χ0) is 24.7. The second-order valence-electron chi connectivity index (χ2n) is 7.61. The number of methoxy groups -OCH3 is 4. The van der Waals surface area contributed by atoms with Crippen molar-refractivity contribution in [2.75, 3.05) is 66.1 Å². The van der Waals surface area contributed by atoms with Gasteiger partial charge in [0.1, 0.15) is 11.8 Å². The van der Waals surface area contributed by atoms with Gasteiger partial charge in [-0.3, -0.25) is 9.59 Å². The van der Waals surface area contributed by atoms with Crippen LogP contribution in [0.3, 0.4) is 0 Å². The lowest BCUT2D eigenvalue weighted by molar-refractivity contribution is -0.134. The zero-order valence-corrected chi connectivity index (χ0v) is 19.9. The summed E-state index contributed by atoms with van der Waals surface area (Å²) in [4.78, 5) is 29.7. The van der Waals surface area contributed by atoms with Gasteiger partial charge in [-0.05, 0) is 24.3 Å². The predicted molar refractivity (Wildman–Crippen MR) is 126 cm³/mol. The van der Waals surface area contributed by atoms with Crippen LogP contribution in [0, 0.1) is 0 Å². The molecule has 1 aliphatic rings. The molecule has 0 aromatic heterocycles. The highest BCUT2D eigenvalue weighted by atomic mass is 16.5. The monoisotopic (exact) mass is 473 g/mol. The number of benzene rings is 2. The molecule has 1 aliphatic heterocycles. The van der Waals surface area contributed by atoms with Crippen molar-refractivity contribution in [3.05, 3.63) is 42.0 Å². The van der Waals surface area contributed by atoms with E-state index in [0.717, 1.165) is 11.4 Å². The van der Waals surface area contributed by atoms with Crippen molar-refractivity contribution in [1.82, 2.24) is 10.2 Å². The van der Waals surface area contributed by atoms with E-state index in [1.54, 1.807) is 12.0 Å². The van der Waals surface area contributed by atoms with Gasteiger partial charge in [0, 0.05) is 31.7 Å². The van der Waals surface area contributed by atoms with Crippen molar-refractivity contribution >= 4 is 17.5 Å². The molecule has 0 radical (unpaired) electrons. The summed E-state index contributed by atoms with van der Waals surface area (Å²) in [6.45, 7) is 1.58. The van der Waals surface area contributed by atoms with Crippen molar-refractivity contribution in [1.29, 1.82) is 0 Å². The summed E-state index contributed by atoms with van der Waals surface area (Å²) in [7, 11) is 5.99. The number of aliphatic hydroxyl groups excluding tert-OH is 1. The van der Waals surface area contributed by atoms with Crippen molar-refractivity contribution < 1.29 is 33.6 Å². The number of hydrogen-bond acceptors (Lipinski definition) is 8. The van der Waals surface area contributed by atoms with Gasteiger partial charge in [0.15, 0.2) is 11.5 Å². The summed E-state index contributed by atoms with van der Waals surface area (Å²) in [5.74, 6) is 0.859. The van der Waals surface area contributed by atoms with E-state index in [2.05, 4.69) is 10.2 Å². The number of rotatable bonds is 9. The Morgan fingerprint density at radius 2 is 1.50 bits per heavy atom. The average molecular weight is 474 g/mol. The Kier molecular flexibility index (Phi) is 8.42. The van der Waals surface area contributed by atoms with Gasteiger partial charge < -0.3 is 39.2 Å². The van der Waals surface area contributed by atoms with Gasteiger partial charge in [-0.15, -0.1) is 0 Å². The Morgan fingerprint density at radius 3 is 2.03 bits per heavy atom. The van der Waals surface area contributed by atoms with E-state index in [0.29, 0.717) is 43.4 Å². The highest BCUT2D eigenvalue weighted by molar-refractivity contribution is 5.98. The molecular formula is C24H31N3O7. The van der Waals surface area contributed by atoms with Crippen LogP contribution in [0.25, 0.3) is 0 Å². The third-order valence-electron chi connectivity index (χ3n) is 5.73. The predicted octanol–water partition coefficient (Wildman–Crippen LogP) is 1.16. The molecule has 10 heteroatoms. The van der Waals surface area contributed by atoms with Gasteiger partial charge in [-0.2, -0.15) is 0 Å². The number of carbonyl (C=O) groups excluding carboxylic acids is 2. The van der Waals surface area contributed by atoms with Gasteiger partial charge in [-0.1, -0.05) is 12.1 Å². The molecule has 2 aromatic rings. The molecule has 10 nitrogen and oxygen atoms in total. The molecule has 2 amide bonds. The van der Waals surface area contributed by atoms with E-state index < -0.39 is 18.6 Å². The van der Waals surface area contributed by atoms with Crippen LogP contribution in [-0.4, -0.2) is 89.1 Å². The molecule has 0 aliphatic carbocycles. The standard InChI is InChI=1S/C24H31N3O7/c1-31-19-8-6-5-7-18(19)26-9-11-27(12-10-26)24(30)17(15-28)25-23(29)16-13-20(32-2)22(34-4)21(14-16)33-3/h5-8,13-14,17,28H,9-12,15H2,1-4H3,(H,25,29)/t17-/m0/s1. The van der Waals surface area contributed by atoms with Crippen molar-refractivity contribution in [3.63, 3.8) is 0 Å². The quantitative estimate of drug-likeness (QED) is 0.559. The first-order chi connectivity index (χ1) is 16.5. The molecule has 1 atom stereocenters. The van der Waals surface area contributed by atoms with Gasteiger partial charge >= 0.3 is 0 Å². The van der Waals surface area contributed by atoms with Crippen LogP contribution >= 0.6 is 0 Å². The second-order valence-corrected chi connectivity index (χ2v) is 7.61. The minimum absolute atomic E-state index is 0.210. The molecule has 0 unspecified atom stereocenters. The topological polar surface area (TPSA) is 110 Å². The highest BCUT2D eigenvalue weighted by Gasteiger charge is 2.29. The molecule has 2 aromatic carbocycles. The number of piperazine rings is 1.